The summed E-state index contributed by atoms with van der Waals surface area (Å²) in [5.74, 6) is 0.907. The highest BCUT2D eigenvalue weighted by molar-refractivity contribution is 5.98. The summed E-state index contributed by atoms with van der Waals surface area (Å²) in [6.45, 7) is 0.802. The van der Waals surface area contributed by atoms with E-state index in [1.54, 1.807) is 18.2 Å². The van der Waals surface area contributed by atoms with Crippen LogP contribution in [0.1, 0.15) is 48.9 Å². The number of benzene rings is 1. The largest absolute Gasteiger partial charge is 0.504 e. The van der Waals surface area contributed by atoms with Gasteiger partial charge in [-0.3, -0.25) is 4.79 Å². The molecule has 1 aromatic rings. The molecule has 1 atom stereocenters. The highest BCUT2D eigenvalue weighted by atomic mass is 16.5. The number of phenolic OH excluding ortho intramolecular Hbond substituents is 1. The number of para-hydroxylation sites is 1. The van der Waals surface area contributed by atoms with E-state index in [4.69, 9.17) is 4.74 Å². The van der Waals surface area contributed by atoms with Crippen LogP contribution in [-0.4, -0.2) is 35.6 Å². The molecule has 21 heavy (non-hydrogen) atoms. The minimum absolute atomic E-state index is 0.0397. The third-order valence-electron chi connectivity index (χ3n) is 4.95. The molecular formula is C17H23NO3. The molecule has 1 N–H and O–H groups in total. The Hall–Kier alpha value is -1.71. The second-order valence-electron chi connectivity index (χ2n) is 6.11. The van der Waals surface area contributed by atoms with E-state index in [2.05, 4.69) is 0 Å². The van der Waals surface area contributed by atoms with Crippen molar-refractivity contribution < 1.29 is 14.6 Å². The monoisotopic (exact) mass is 289 g/mol. The smallest absolute Gasteiger partial charge is 0.258 e. The topological polar surface area (TPSA) is 49.8 Å². The number of methoxy groups -OCH3 is 1. The SMILES string of the molecule is COc1cccc(C(=O)N2CCCC2C2CCCC2)c1O. The van der Waals surface area contributed by atoms with E-state index in [0.29, 0.717) is 23.3 Å². The first-order valence-electron chi connectivity index (χ1n) is 7.89. The van der Waals surface area contributed by atoms with Crippen LogP contribution >= 0.6 is 0 Å². The van der Waals surface area contributed by atoms with Crippen molar-refractivity contribution >= 4 is 5.91 Å². The van der Waals surface area contributed by atoms with Crippen molar-refractivity contribution in [3.63, 3.8) is 0 Å². The molecule has 1 unspecified atom stereocenters. The maximum absolute atomic E-state index is 12.8. The van der Waals surface area contributed by atoms with E-state index in [0.717, 1.165) is 19.4 Å². The normalized spacial score (nSPS) is 22.7. The predicted octanol–water partition coefficient (Wildman–Crippen LogP) is 3.20. The fourth-order valence-electron chi connectivity index (χ4n) is 3.89. The van der Waals surface area contributed by atoms with Crippen LogP contribution in [0.2, 0.25) is 0 Å². The number of rotatable bonds is 3. The zero-order chi connectivity index (χ0) is 14.8. The summed E-state index contributed by atoms with van der Waals surface area (Å²) in [6, 6.07) is 5.46. The summed E-state index contributed by atoms with van der Waals surface area (Å²) in [7, 11) is 1.50. The van der Waals surface area contributed by atoms with Gasteiger partial charge in [-0.2, -0.15) is 0 Å². The number of nitrogens with zero attached hydrogens (tertiary/aromatic N) is 1. The summed E-state index contributed by atoms with van der Waals surface area (Å²) in [5, 5.41) is 10.2. The van der Waals surface area contributed by atoms with Gasteiger partial charge in [-0.05, 0) is 43.7 Å². The quantitative estimate of drug-likeness (QED) is 0.929. The standard InChI is InChI=1S/C17H23NO3/c1-21-15-10-4-8-13(16(15)19)17(20)18-11-5-9-14(18)12-6-2-3-7-12/h4,8,10,12,14,19H,2-3,5-7,9,11H2,1H3. The molecule has 0 spiro atoms. The number of carbonyl (C=O) groups excluding carboxylic acids is 1. The van der Waals surface area contributed by atoms with Gasteiger partial charge in [-0.15, -0.1) is 0 Å². The van der Waals surface area contributed by atoms with Gasteiger partial charge in [-0.25, -0.2) is 0 Å². The minimum Gasteiger partial charge on any atom is -0.504 e. The molecule has 4 nitrogen and oxygen atoms in total. The van der Waals surface area contributed by atoms with Crippen molar-refractivity contribution in [2.45, 2.75) is 44.6 Å². The van der Waals surface area contributed by atoms with Crippen LogP contribution in [0.5, 0.6) is 11.5 Å². The van der Waals surface area contributed by atoms with Gasteiger partial charge < -0.3 is 14.7 Å². The van der Waals surface area contributed by atoms with E-state index in [1.807, 2.05) is 4.90 Å². The van der Waals surface area contributed by atoms with Gasteiger partial charge in [0, 0.05) is 12.6 Å². The number of aromatic hydroxyl groups is 1. The Balaban J connectivity index is 1.84. The molecule has 0 aromatic heterocycles. The van der Waals surface area contributed by atoms with Gasteiger partial charge in [0.1, 0.15) is 0 Å². The van der Waals surface area contributed by atoms with Crippen molar-refractivity contribution in [2.24, 2.45) is 5.92 Å². The molecule has 1 aromatic carbocycles. The molecule has 114 valence electrons. The van der Waals surface area contributed by atoms with E-state index in [-0.39, 0.29) is 11.7 Å². The molecule has 1 amide bonds. The third kappa shape index (κ3) is 2.59. The molecule has 1 aliphatic heterocycles. The van der Waals surface area contributed by atoms with Crippen LogP contribution in [0.25, 0.3) is 0 Å². The number of likely N-dealkylation sites (tertiary alicyclic amines) is 1. The van der Waals surface area contributed by atoms with E-state index in [9.17, 15) is 9.90 Å². The van der Waals surface area contributed by atoms with Gasteiger partial charge in [-0.1, -0.05) is 18.9 Å². The van der Waals surface area contributed by atoms with E-state index in [1.165, 1.54) is 32.8 Å². The van der Waals surface area contributed by atoms with Gasteiger partial charge in [0.25, 0.3) is 5.91 Å². The van der Waals surface area contributed by atoms with Crippen molar-refractivity contribution in [1.82, 2.24) is 4.90 Å². The maximum Gasteiger partial charge on any atom is 0.258 e. The lowest BCUT2D eigenvalue weighted by Gasteiger charge is -2.29. The predicted molar refractivity (Wildman–Crippen MR) is 80.7 cm³/mol. The molecule has 0 radical (unpaired) electrons. The molecule has 3 rings (SSSR count). The summed E-state index contributed by atoms with van der Waals surface area (Å²) >= 11 is 0. The maximum atomic E-state index is 12.8. The van der Waals surface area contributed by atoms with Crippen molar-refractivity contribution in [3.8, 4) is 11.5 Å². The minimum atomic E-state index is -0.0548. The van der Waals surface area contributed by atoms with Crippen LogP contribution in [0.15, 0.2) is 18.2 Å². The Bertz CT molecular complexity index is 523. The fourth-order valence-corrected chi connectivity index (χ4v) is 3.89. The number of hydrogen-bond donors (Lipinski definition) is 1. The first-order chi connectivity index (χ1) is 10.2. The number of amides is 1. The Kier molecular flexibility index (Phi) is 4.04. The molecule has 2 fully saturated rings. The molecule has 1 aliphatic carbocycles. The summed E-state index contributed by atoms with van der Waals surface area (Å²) < 4.78 is 5.10. The average Bonchev–Trinajstić information content (AvgIpc) is 3.17. The Labute approximate surface area is 125 Å². The van der Waals surface area contributed by atoms with Gasteiger partial charge in [0.15, 0.2) is 11.5 Å². The molecule has 2 aliphatic rings. The molecular weight excluding hydrogens is 266 g/mol. The van der Waals surface area contributed by atoms with Crippen LogP contribution in [0, 0.1) is 5.92 Å². The van der Waals surface area contributed by atoms with Crippen LogP contribution in [0.3, 0.4) is 0 Å². The first-order valence-corrected chi connectivity index (χ1v) is 7.89. The number of ether oxygens (including phenoxy) is 1. The molecule has 1 saturated carbocycles. The third-order valence-corrected chi connectivity index (χ3v) is 4.95. The molecule has 4 heteroatoms. The highest BCUT2D eigenvalue weighted by Gasteiger charge is 2.37. The number of phenols is 1. The van der Waals surface area contributed by atoms with Crippen molar-refractivity contribution in [3.05, 3.63) is 23.8 Å². The zero-order valence-electron chi connectivity index (χ0n) is 12.5. The second-order valence-corrected chi connectivity index (χ2v) is 6.11. The highest BCUT2D eigenvalue weighted by Crippen LogP contribution is 2.37. The van der Waals surface area contributed by atoms with Crippen LogP contribution in [-0.2, 0) is 0 Å². The first kappa shape index (κ1) is 14.2. The number of carbonyl (C=O) groups is 1. The lowest BCUT2D eigenvalue weighted by atomic mass is 9.95. The fraction of sp³-hybridized carbons (Fsp3) is 0.588. The lowest BCUT2D eigenvalue weighted by molar-refractivity contribution is 0.0685. The Morgan fingerprint density at radius 2 is 2.00 bits per heavy atom. The summed E-state index contributed by atoms with van der Waals surface area (Å²) in [4.78, 5) is 14.8. The Morgan fingerprint density at radius 3 is 2.71 bits per heavy atom. The van der Waals surface area contributed by atoms with Gasteiger partial charge in [0.05, 0.1) is 12.7 Å². The lowest BCUT2D eigenvalue weighted by Crippen LogP contribution is -2.39. The summed E-state index contributed by atoms with van der Waals surface area (Å²) in [5.41, 5.74) is 0.360. The zero-order valence-corrected chi connectivity index (χ0v) is 12.5. The second kappa shape index (κ2) is 5.96. The van der Waals surface area contributed by atoms with Crippen LogP contribution in [0.4, 0.5) is 0 Å². The molecule has 1 saturated heterocycles. The number of hydrogen-bond acceptors (Lipinski definition) is 3. The van der Waals surface area contributed by atoms with E-state index >= 15 is 0 Å². The Morgan fingerprint density at radius 1 is 1.24 bits per heavy atom. The van der Waals surface area contributed by atoms with Gasteiger partial charge in [0.2, 0.25) is 0 Å². The van der Waals surface area contributed by atoms with Crippen LogP contribution < -0.4 is 4.74 Å². The van der Waals surface area contributed by atoms with Crippen molar-refractivity contribution in [2.75, 3.05) is 13.7 Å². The molecule has 1 heterocycles. The van der Waals surface area contributed by atoms with E-state index < -0.39 is 0 Å². The van der Waals surface area contributed by atoms with Crippen molar-refractivity contribution in [1.29, 1.82) is 0 Å². The molecule has 0 bridgehead atoms. The summed E-state index contributed by atoms with van der Waals surface area (Å²) in [6.07, 6.45) is 7.21. The van der Waals surface area contributed by atoms with Gasteiger partial charge >= 0.3 is 0 Å². The average molecular weight is 289 g/mol.